The molecule has 1 aliphatic rings. The lowest BCUT2D eigenvalue weighted by atomic mass is 10.1. The Kier molecular flexibility index (Phi) is 6.99. The van der Waals surface area contributed by atoms with Gasteiger partial charge in [-0.1, -0.05) is 42.0 Å². The lowest BCUT2D eigenvalue weighted by Gasteiger charge is -2.15. The van der Waals surface area contributed by atoms with Crippen molar-refractivity contribution in [1.82, 2.24) is 15.2 Å². The molecule has 31 heavy (non-hydrogen) atoms. The first-order valence-electron chi connectivity index (χ1n) is 9.52. The molecule has 2 amide bonds. The fourth-order valence-corrected chi connectivity index (χ4v) is 2.94. The van der Waals surface area contributed by atoms with Crippen molar-refractivity contribution in [3.05, 3.63) is 94.3 Å². The molecule has 0 fully saturated rings. The Labute approximate surface area is 185 Å². The summed E-state index contributed by atoms with van der Waals surface area (Å²) >= 11 is 5.84. The summed E-state index contributed by atoms with van der Waals surface area (Å²) in [6, 6.07) is 9.98. The molecule has 158 valence electrons. The zero-order chi connectivity index (χ0) is 22.4. The maximum absolute atomic E-state index is 12.8. The van der Waals surface area contributed by atoms with E-state index in [1.165, 1.54) is 6.20 Å². The van der Waals surface area contributed by atoms with Gasteiger partial charge >= 0.3 is 0 Å². The summed E-state index contributed by atoms with van der Waals surface area (Å²) in [4.78, 5) is 31.4. The largest absolute Gasteiger partial charge is 0.363 e. The minimum absolute atomic E-state index is 0.348. The number of carbonyl (C=O) groups is 2. The number of amidine groups is 1. The quantitative estimate of drug-likeness (QED) is 0.492. The molecule has 0 saturated carbocycles. The third kappa shape index (κ3) is 5.67. The highest BCUT2D eigenvalue weighted by molar-refractivity contribution is 6.30. The van der Waals surface area contributed by atoms with Crippen LogP contribution in [0.3, 0.4) is 0 Å². The first kappa shape index (κ1) is 22.0. The molecule has 0 bridgehead atoms. The van der Waals surface area contributed by atoms with Crippen LogP contribution < -0.4 is 10.6 Å². The highest BCUT2D eigenvalue weighted by Crippen LogP contribution is 2.17. The highest BCUT2D eigenvalue weighted by Gasteiger charge is 2.18. The van der Waals surface area contributed by atoms with Gasteiger partial charge in [0.15, 0.2) is 0 Å². The molecule has 0 spiro atoms. The van der Waals surface area contributed by atoms with Crippen LogP contribution in [0, 0.1) is 5.41 Å². The number of aromatic nitrogens is 1. The number of nitrogens with zero attached hydrogens (tertiary/aromatic N) is 2. The lowest BCUT2D eigenvalue weighted by Crippen LogP contribution is -2.27. The van der Waals surface area contributed by atoms with Crippen LogP contribution in [0.5, 0.6) is 0 Å². The Morgan fingerprint density at radius 2 is 1.71 bits per heavy atom. The molecule has 2 aromatic rings. The van der Waals surface area contributed by atoms with Gasteiger partial charge in [-0.3, -0.25) is 15.0 Å². The van der Waals surface area contributed by atoms with Crippen LogP contribution in [-0.4, -0.2) is 41.6 Å². The summed E-state index contributed by atoms with van der Waals surface area (Å²) in [5, 5.41) is 14.0. The number of pyridine rings is 1. The van der Waals surface area contributed by atoms with E-state index in [9.17, 15) is 9.59 Å². The van der Waals surface area contributed by atoms with Gasteiger partial charge in [0, 0.05) is 37.0 Å². The monoisotopic (exact) mass is 435 g/mol. The number of benzene rings is 1. The van der Waals surface area contributed by atoms with Crippen LogP contribution in [0.1, 0.15) is 22.3 Å². The predicted octanol–water partition coefficient (Wildman–Crippen LogP) is 3.76. The number of hydrogen-bond donors (Lipinski definition) is 3. The first-order valence-corrected chi connectivity index (χ1v) is 9.90. The summed E-state index contributed by atoms with van der Waals surface area (Å²) in [6.07, 6.45) is 8.89. The molecule has 3 rings (SSSR count). The Hall–Kier alpha value is -3.71. The molecule has 0 unspecified atom stereocenters. The number of halogens is 1. The van der Waals surface area contributed by atoms with Crippen LogP contribution >= 0.6 is 11.6 Å². The van der Waals surface area contributed by atoms with Gasteiger partial charge in [0.25, 0.3) is 11.8 Å². The maximum Gasteiger partial charge on any atom is 0.255 e. The minimum Gasteiger partial charge on any atom is -0.363 e. The van der Waals surface area contributed by atoms with E-state index >= 15 is 0 Å². The SMILES string of the molecule is CN(C)C(=N)c1ccc(C(=O)NC2=C(C(=O)Nc3ccc(Cl)cn3)CC=CC=C2)cc1. The third-order valence-electron chi connectivity index (χ3n) is 4.52. The molecule has 1 aromatic carbocycles. The second kappa shape index (κ2) is 9.86. The Morgan fingerprint density at radius 1 is 1.00 bits per heavy atom. The topological polar surface area (TPSA) is 98.2 Å². The molecule has 7 nitrogen and oxygen atoms in total. The van der Waals surface area contributed by atoms with Crippen LogP contribution in [0.2, 0.25) is 5.02 Å². The average Bonchev–Trinajstić information content (AvgIpc) is 3.00. The van der Waals surface area contributed by atoms with Gasteiger partial charge < -0.3 is 15.5 Å². The molecular weight excluding hydrogens is 414 g/mol. The number of rotatable bonds is 5. The van der Waals surface area contributed by atoms with Crippen molar-refractivity contribution < 1.29 is 9.59 Å². The van der Waals surface area contributed by atoms with Gasteiger partial charge in [-0.2, -0.15) is 0 Å². The van der Waals surface area contributed by atoms with Crippen LogP contribution in [0.4, 0.5) is 5.82 Å². The predicted molar refractivity (Wildman–Crippen MR) is 122 cm³/mol. The number of allylic oxidation sites excluding steroid dienone is 4. The molecule has 1 aliphatic carbocycles. The van der Waals surface area contributed by atoms with Crippen molar-refractivity contribution in [2.24, 2.45) is 0 Å². The number of carbonyl (C=O) groups excluding carboxylic acids is 2. The van der Waals surface area contributed by atoms with Crippen molar-refractivity contribution in [3.8, 4) is 0 Å². The number of hydrogen-bond acceptors (Lipinski definition) is 4. The summed E-state index contributed by atoms with van der Waals surface area (Å²) in [6.45, 7) is 0. The van der Waals surface area contributed by atoms with Gasteiger partial charge in [-0.15, -0.1) is 0 Å². The van der Waals surface area contributed by atoms with Crippen LogP contribution in [0.25, 0.3) is 0 Å². The van der Waals surface area contributed by atoms with E-state index in [0.29, 0.717) is 45.5 Å². The standard InChI is InChI=1S/C23H22ClN5O2/c1-29(2)21(25)15-8-10-16(11-9-15)22(30)27-19-7-5-3-4-6-18(19)23(31)28-20-13-12-17(24)14-26-20/h3-5,7-14,25H,6H2,1-2H3,(H,27,30)(H,26,28,31). The van der Waals surface area contributed by atoms with E-state index in [0.717, 1.165) is 0 Å². The maximum atomic E-state index is 12.8. The molecule has 1 heterocycles. The van der Waals surface area contributed by atoms with Crippen molar-refractivity contribution in [2.45, 2.75) is 6.42 Å². The van der Waals surface area contributed by atoms with Gasteiger partial charge in [-0.05, 0) is 36.8 Å². The number of anilines is 1. The van der Waals surface area contributed by atoms with E-state index in [-0.39, 0.29) is 11.8 Å². The van der Waals surface area contributed by atoms with Gasteiger partial charge in [-0.25, -0.2) is 4.98 Å². The Morgan fingerprint density at radius 3 is 2.35 bits per heavy atom. The van der Waals surface area contributed by atoms with Gasteiger partial charge in [0.1, 0.15) is 11.7 Å². The molecule has 0 radical (unpaired) electrons. The van der Waals surface area contributed by atoms with Crippen molar-refractivity contribution in [3.63, 3.8) is 0 Å². The fraction of sp³-hybridized carbons (Fsp3) is 0.130. The number of nitrogens with one attached hydrogen (secondary N) is 3. The summed E-state index contributed by atoms with van der Waals surface area (Å²) < 4.78 is 0. The number of amides is 2. The molecule has 0 saturated heterocycles. The van der Waals surface area contributed by atoms with E-state index in [4.69, 9.17) is 17.0 Å². The second-order valence-corrected chi connectivity index (χ2v) is 7.41. The van der Waals surface area contributed by atoms with Gasteiger partial charge in [0.05, 0.1) is 10.7 Å². The molecular formula is C23H22ClN5O2. The summed E-state index contributed by atoms with van der Waals surface area (Å²) in [7, 11) is 3.57. The van der Waals surface area contributed by atoms with E-state index < -0.39 is 0 Å². The fourth-order valence-electron chi connectivity index (χ4n) is 2.83. The average molecular weight is 436 g/mol. The van der Waals surface area contributed by atoms with E-state index in [1.54, 1.807) is 67.5 Å². The van der Waals surface area contributed by atoms with Crippen molar-refractivity contribution in [2.75, 3.05) is 19.4 Å². The lowest BCUT2D eigenvalue weighted by molar-refractivity contribution is -0.113. The Bertz CT molecular complexity index is 1080. The minimum atomic E-state index is -0.365. The third-order valence-corrected chi connectivity index (χ3v) is 4.74. The normalized spacial score (nSPS) is 12.9. The van der Waals surface area contributed by atoms with Crippen molar-refractivity contribution >= 4 is 35.1 Å². The van der Waals surface area contributed by atoms with E-state index in [1.807, 2.05) is 12.2 Å². The summed E-state index contributed by atoms with van der Waals surface area (Å²) in [5.74, 6) is 0.00132. The van der Waals surface area contributed by atoms with Crippen LogP contribution in [0.15, 0.2) is 78.2 Å². The van der Waals surface area contributed by atoms with Crippen molar-refractivity contribution in [1.29, 1.82) is 5.41 Å². The first-order chi connectivity index (χ1) is 14.8. The Balaban J connectivity index is 1.79. The molecule has 0 aliphatic heterocycles. The van der Waals surface area contributed by atoms with E-state index in [2.05, 4.69) is 15.6 Å². The smallest absolute Gasteiger partial charge is 0.255 e. The second-order valence-electron chi connectivity index (χ2n) is 6.97. The molecule has 3 N–H and O–H groups in total. The zero-order valence-corrected chi connectivity index (χ0v) is 17.9. The van der Waals surface area contributed by atoms with Crippen LogP contribution in [-0.2, 0) is 4.79 Å². The highest BCUT2D eigenvalue weighted by atomic mass is 35.5. The summed E-state index contributed by atoms with van der Waals surface area (Å²) in [5.41, 5.74) is 1.94. The zero-order valence-electron chi connectivity index (χ0n) is 17.1. The molecule has 0 atom stereocenters. The molecule has 8 heteroatoms. The molecule has 1 aromatic heterocycles. The van der Waals surface area contributed by atoms with Gasteiger partial charge in [0.2, 0.25) is 0 Å².